The Morgan fingerprint density at radius 1 is 1.40 bits per heavy atom. The van der Waals surface area contributed by atoms with E-state index in [9.17, 15) is 13.2 Å². The van der Waals surface area contributed by atoms with E-state index in [0.717, 1.165) is 17.7 Å². The molecule has 1 heterocycles. The molecule has 4 nitrogen and oxygen atoms in total. The molecule has 1 atom stereocenters. The molecule has 2 rings (SSSR count). The van der Waals surface area contributed by atoms with Gasteiger partial charge in [0.15, 0.2) is 9.84 Å². The lowest BCUT2D eigenvalue weighted by Gasteiger charge is -2.28. The maximum atomic E-state index is 12.1. The summed E-state index contributed by atoms with van der Waals surface area (Å²) in [5.41, 5.74) is 1.72. The second kappa shape index (κ2) is 5.97. The van der Waals surface area contributed by atoms with Crippen LogP contribution in [0.25, 0.3) is 0 Å². The minimum atomic E-state index is -3.23. The molecule has 108 valence electrons. The Bertz CT molecular complexity index is 640. The highest BCUT2D eigenvalue weighted by Crippen LogP contribution is 2.27. The van der Waals surface area contributed by atoms with Crippen molar-refractivity contribution >= 4 is 33.0 Å². The minimum Gasteiger partial charge on any atom is -0.303 e. The van der Waals surface area contributed by atoms with Crippen molar-refractivity contribution in [2.24, 2.45) is 0 Å². The molecule has 0 saturated heterocycles. The Morgan fingerprint density at radius 2 is 2.10 bits per heavy atom. The van der Waals surface area contributed by atoms with E-state index in [1.165, 1.54) is 10.3 Å². The smallest absolute Gasteiger partial charge is 0.242 e. The van der Waals surface area contributed by atoms with Crippen molar-refractivity contribution in [2.75, 3.05) is 16.5 Å². The van der Waals surface area contributed by atoms with Crippen LogP contribution in [0, 0.1) is 0 Å². The first-order chi connectivity index (χ1) is 9.48. The van der Waals surface area contributed by atoms with Gasteiger partial charge in [0.1, 0.15) is 5.88 Å². The lowest BCUT2D eigenvalue weighted by molar-refractivity contribution is -0.116. The third-order valence-corrected chi connectivity index (χ3v) is 4.86. The van der Waals surface area contributed by atoms with E-state index in [1.54, 1.807) is 6.08 Å². The topological polar surface area (TPSA) is 54.5 Å². The van der Waals surface area contributed by atoms with Gasteiger partial charge in [-0.05, 0) is 24.1 Å². The Kier molecular flexibility index (Phi) is 4.50. The highest BCUT2D eigenvalue weighted by atomic mass is 35.5. The number of alkyl halides is 1. The number of halogens is 1. The average molecular weight is 314 g/mol. The fourth-order valence-electron chi connectivity index (χ4n) is 2.33. The van der Waals surface area contributed by atoms with Crippen molar-refractivity contribution < 1.29 is 13.2 Å². The first kappa shape index (κ1) is 15.1. The number of anilines is 1. The molecule has 0 N–H and O–H groups in total. The molecule has 0 saturated carbocycles. The van der Waals surface area contributed by atoms with Crippen LogP contribution in [0.3, 0.4) is 0 Å². The molecule has 0 fully saturated rings. The summed E-state index contributed by atoms with van der Waals surface area (Å²) in [5.74, 6) is -0.560. The van der Waals surface area contributed by atoms with Crippen molar-refractivity contribution in [3.63, 3.8) is 0 Å². The van der Waals surface area contributed by atoms with E-state index in [1.807, 2.05) is 31.2 Å². The Morgan fingerprint density at radius 3 is 2.65 bits per heavy atom. The van der Waals surface area contributed by atoms with Gasteiger partial charge in [-0.2, -0.15) is 0 Å². The number of benzene rings is 1. The van der Waals surface area contributed by atoms with E-state index in [0.29, 0.717) is 0 Å². The summed E-state index contributed by atoms with van der Waals surface area (Å²) in [6, 6.07) is 6.99. The van der Waals surface area contributed by atoms with Gasteiger partial charge in [-0.1, -0.05) is 25.1 Å². The third kappa shape index (κ3) is 3.04. The molecule has 0 spiro atoms. The first-order valence-corrected chi connectivity index (χ1v) is 8.60. The van der Waals surface area contributed by atoms with Crippen molar-refractivity contribution in [2.45, 2.75) is 19.4 Å². The molecule has 0 aromatic heterocycles. The van der Waals surface area contributed by atoms with Gasteiger partial charge in [0.05, 0.1) is 11.8 Å². The van der Waals surface area contributed by atoms with Crippen LogP contribution >= 0.6 is 11.6 Å². The maximum absolute atomic E-state index is 12.1. The van der Waals surface area contributed by atoms with Gasteiger partial charge in [0.25, 0.3) is 0 Å². The summed E-state index contributed by atoms with van der Waals surface area (Å²) in [6.45, 7) is 1.99. The van der Waals surface area contributed by atoms with Crippen LogP contribution in [-0.2, 0) is 21.1 Å². The number of amides is 1. The van der Waals surface area contributed by atoms with Crippen molar-refractivity contribution in [1.29, 1.82) is 0 Å². The number of carbonyl (C=O) groups excluding carboxylic acids is 1. The molecular weight excluding hydrogens is 298 g/mol. The minimum absolute atomic E-state index is 0.0896. The lowest BCUT2D eigenvalue weighted by atomic mass is 10.1. The number of rotatable bonds is 4. The molecule has 1 amide bonds. The van der Waals surface area contributed by atoms with Crippen LogP contribution in [-0.4, -0.2) is 32.0 Å². The molecule has 1 unspecified atom stereocenters. The predicted molar refractivity (Wildman–Crippen MR) is 80.7 cm³/mol. The monoisotopic (exact) mass is 313 g/mol. The SMILES string of the molecule is CCc1ccccc1N(C(=O)CCl)C1C=CS(=O)(=O)C1. The molecule has 1 aliphatic rings. The van der Waals surface area contributed by atoms with Gasteiger partial charge in [0, 0.05) is 11.1 Å². The molecule has 1 aromatic rings. The predicted octanol–water partition coefficient (Wildman–Crippen LogP) is 2.13. The zero-order valence-electron chi connectivity index (χ0n) is 11.1. The Hall–Kier alpha value is -1.33. The van der Waals surface area contributed by atoms with Crippen LogP contribution in [0.1, 0.15) is 12.5 Å². The third-order valence-electron chi connectivity index (χ3n) is 3.26. The zero-order chi connectivity index (χ0) is 14.8. The Labute approximate surface area is 124 Å². The van der Waals surface area contributed by atoms with Crippen molar-refractivity contribution in [3.8, 4) is 0 Å². The van der Waals surface area contributed by atoms with Gasteiger partial charge in [-0.25, -0.2) is 8.42 Å². The van der Waals surface area contributed by atoms with Gasteiger partial charge in [-0.15, -0.1) is 11.6 Å². The number of para-hydroxylation sites is 1. The summed E-state index contributed by atoms with van der Waals surface area (Å²) in [5, 5.41) is 1.17. The Balaban J connectivity index is 2.44. The largest absolute Gasteiger partial charge is 0.303 e. The van der Waals surface area contributed by atoms with Gasteiger partial charge < -0.3 is 4.90 Å². The molecule has 0 bridgehead atoms. The molecule has 0 aliphatic carbocycles. The van der Waals surface area contributed by atoms with Crippen molar-refractivity contribution in [3.05, 3.63) is 41.3 Å². The number of sulfone groups is 1. The average Bonchev–Trinajstić information content (AvgIpc) is 2.79. The molecule has 6 heteroatoms. The maximum Gasteiger partial charge on any atom is 0.242 e. The van der Waals surface area contributed by atoms with Gasteiger partial charge >= 0.3 is 0 Å². The number of hydrogen-bond acceptors (Lipinski definition) is 3. The molecule has 1 aliphatic heterocycles. The van der Waals surface area contributed by atoms with E-state index in [4.69, 9.17) is 11.6 Å². The number of carbonyl (C=O) groups is 1. The normalized spacial score (nSPS) is 20.0. The van der Waals surface area contributed by atoms with Crippen LogP contribution in [0.2, 0.25) is 0 Å². The quantitative estimate of drug-likeness (QED) is 0.800. The van der Waals surface area contributed by atoms with Gasteiger partial charge in [0.2, 0.25) is 5.91 Å². The second-order valence-electron chi connectivity index (χ2n) is 4.61. The number of aryl methyl sites for hydroxylation is 1. The number of nitrogens with zero attached hydrogens (tertiary/aromatic N) is 1. The van der Waals surface area contributed by atoms with Crippen LogP contribution in [0.15, 0.2) is 35.7 Å². The van der Waals surface area contributed by atoms with Crippen molar-refractivity contribution in [1.82, 2.24) is 0 Å². The summed E-state index contributed by atoms with van der Waals surface area (Å²) >= 11 is 5.68. The lowest BCUT2D eigenvalue weighted by Crippen LogP contribution is -2.42. The van der Waals surface area contributed by atoms with E-state index < -0.39 is 15.9 Å². The summed E-state index contributed by atoms with van der Waals surface area (Å²) in [6.07, 6.45) is 2.30. The van der Waals surface area contributed by atoms with E-state index in [-0.39, 0.29) is 17.5 Å². The fraction of sp³-hybridized carbons (Fsp3) is 0.357. The summed E-state index contributed by atoms with van der Waals surface area (Å²) in [4.78, 5) is 13.6. The summed E-state index contributed by atoms with van der Waals surface area (Å²) < 4.78 is 23.2. The fourth-order valence-corrected chi connectivity index (χ4v) is 3.72. The van der Waals surface area contributed by atoms with Crippen LogP contribution in [0.5, 0.6) is 0 Å². The van der Waals surface area contributed by atoms with E-state index in [2.05, 4.69) is 0 Å². The number of hydrogen-bond donors (Lipinski definition) is 0. The summed E-state index contributed by atoms with van der Waals surface area (Å²) in [7, 11) is -3.23. The molecule has 1 aromatic carbocycles. The van der Waals surface area contributed by atoms with Crippen LogP contribution < -0.4 is 4.90 Å². The molecule has 20 heavy (non-hydrogen) atoms. The first-order valence-electron chi connectivity index (χ1n) is 6.35. The van der Waals surface area contributed by atoms with Crippen LogP contribution in [0.4, 0.5) is 5.69 Å². The highest BCUT2D eigenvalue weighted by Gasteiger charge is 2.31. The molecular formula is C14H16ClNO3S. The highest BCUT2D eigenvalue weighted by molar-refractivity contribution is 7.94. The zero-order valence-corrected chi connectivity index (χ0v) is 12.7. The van der Waals surface area contributed by atoms with Gasteiger partial charge in [-0.3, -0.25) is 4.79 Å². The second-order valence-corrected chi connectivity index (χ2v) is 6.80. The standard InChI is InChI=1S/C14H16ClNO3S/c1-2-11-5-3-4-6-13(11)16(14(17)9-15)12-7-8-20(18,19)10-12/h3-8,12H,2,9-10H2,1H3. The molecule has 0 radical (unpaired) electrons. The van der Waals surface area contributed by atoms with E-state index >= 15 is 0 Å².